The number of carbonyl (C=O) groups excluding carboxylic acids is 1. The molecule has 0 aliphatic carbocycles. The highest BCUT2D eigenvalue weighted by Crippen LogP contribution is 2.21. The van der Waals surface area contributed by atoms with Crippen LogP contribution in [0.4, 0.5) is 10.1 Å². The van der Waals surface area contributed by atoms with Gasteiger partial charge in [0.2, 0.25) is 5.76 Å². The van der Waals surface area contributed by atoms with Crippen LogP contribution in [0.25, 0.3) is 0 Å². The molecule has 0 atom stereocenters. The molecule has 1 aromatic carbocycles. The van der Waals surface area contributed by atoms with E-state index in [0.717, 1.165) is 0 Å². The van der Waals surface area contributed by atoms with Crippen molar-refractivity contribution >= 4 is 27.6 Å². The van der Waals surface area contributed by atoms with Crippen LogP contribution in [-0.4, -0.2) is 13.1 Å². The number of halogens is 2. The largest absolute Gasteiger partial charge is 0.463 e. The Morgan fingerprint density at radius 1 is 1.47 bits per heavy atom. The van der Waals surface area contributed by atoms with Gasteiger partial charge in [-0.05, 0) is 24.3 Å². The second kappa shape index (κ2) is 5.88. The van der Waals surface area contributed by atoms with Crippen LogP contribution in [0, 0.1) is 5.82 Å². The Hall–Kier alpha value is -1.82. The summed E-state index contributed by atoms with van der Waals surface area (Å²) in [7, 11) is 1.27. The summed E-state index contributed by atoms with van der Waals surface area (Å²) in [5, 5.41) is 2.90. The Morgan fingerprint density at radius 3 is 2.95 bits per heavy atom. The fourth-order valence-corrected chi connectivity index (χ4v) is 1.90. The van der Waals surface area contributed by atoms with Crippen molar-refractivity contribution in [3.05, 3.63) is 52.1 Å². The lowest BCUT2D eigenvalue weighted by Gasteiger charge is -2.07. The minimum Gasteiger partial charge on any atom is -0.463 e. The van der Waals surface area contributed by atoms with Crippen LogP contribution < -0.4 is 5.32 Å². The van der Waals surface area contributed by atoms with Gasteiger partial charge in [0, 0.05) is 16.6 Å². The van der Waals surface area contributed by atoms with Gasteiger partial charge in [-0.25, -0.2) is 9.18 Å². The normalized spacial score (nSPS) is 10.3. The van der Waals surface area contributed by atoms with Crippen LogP contribution in [0.5, 0.6) is 0 Å². The predicted molar refractivity (Wildman–Crippen MR) is 71.5 cm³/mol. The number of esters is 1. The Morgan fingerprint density at radius 2 is 2.26 bits per heavy atom. The monoisotopic (exact) mass is 327 g/mol. The molecule has 0 aliphatic heterocycles. The van der Waals surface area contributed by atoms with Gasteiger partial charge in [0.05, 0.1) is 19.1 Å². The average molecular weight is 328 g/mol. The Bertz CT molecular complexity index is 597. The Kier molecular flexibility index (Phi) is 4.21. The molecule has 19 heavy (non-hydrogen) atoms. The number of nitrogens with one attached hydrogen (secondary N) is 1. The van der Waals surface area contributed by atoms with E-state index in [1.54, 1.807) is 18.2 Å². The van der Waals surface area contributed by atoms with Crippen molar-refractivity contribution in [3.63, 3.8) is 0 Å². The maximum atomic E-state index is 13.6. The number of hydrogen-bond donors (Lipinski definition) is 1. The van der Waals surface area contributed by atoms with E-state index in [0.29, 0.717) is 15.7 Å². The van der Waals surface area contributed by atoms with Gasteiger partial charge in [-0.2, -0.15) is 0 Å². The lowest BCUT2D eigenvalue weighted by Crippen LogP contribution is -2.07. The standard InChI is InChI=1S/C13H11BrFNO3/c1-18-13(17)12-8(4-5-19-12)7-16-11-3-2-9(14)6-10(11)15/h2-6,16H,7H2,1H3. The first kappa shape index (κ1) is 13.6. The van der Waals surface area contributed by atoms with Crippen molar-refractivity contribution in [2.45, 2.75) is 6.54 Å². The fraction of sp³-hybridized carbons (Fsp3) is 0.154. The quantitative estimate of drug-likeness (QED) is 0.872. The van der Waals surface area contributed by atoms with E-state index >= 15 is 0 Å². The number of ether oxygens (including phenoxy) is 1. The fourth-order valence-electron chi connectivity index (χ4n) is 1.57. The molecule has 0 saturated carbocycles. The summed E-state index contributed by atoms with van der Waals surface area (Å²) in [6.45, 7) is 0.263. The minimum absolute atomic E-state index is 0.118. The highest BCUT2D eigenvalue weighted by Gasteiger charge is 2.15. The van der Waals surface area contributed by atoms with Crippen molar-refractivity contribution in [1.82, 2.24) is 0 Å². The summed E-state index contributed by atoms with van der Waals surface area (Å²) in [5.41, 5.74) is 0.953. The molecule has 1 N–H and O–H groups in total. The van der Waals surface area contributed by atoms with Crippen LogP contribution in [0.15, 0.2) is 39.4 Å². The lowest BCUT2D eigenvalue weighted by molar-refractivity contribution is 0.0563. The van der Waals surface area contributed by atoms with Crippen molar-refractivity contribution < 1.29 is 18.3 Å². The highest BCUT2D eigenvalue weighted by atomic mass is 79.9. The zero-order valence-electron chi connectivity index (χ0n) is 10.1. The second-order valence-electron chi connectivity index (χ2n) is 3.74. The molecule has 4 nitrogen and oxygen atoms in total. The average Bonchev–Trinajstić information content (AvgIpc) is 2.85. The van der Waals surface area contributed by atoms with Gasteiger partial charge in [-0.15, -0.1) is 0 Å². The van der Waals surface area contributed by atoms with Crippen molar-refractivity contribution in [2.24, 2.45) is 0 Å². The molecule has 0 unspecified atom stereocenters. The molecule has 2 aromatic rings. The van der Waals surface area contributed by atoms with Gasteiger partial charge in [-0.1, -0.05) is 15.9 Å². The molecule has 1 aromatic heterocycles. The number of carbonyl (C=O) groups is 1. The molecule has 0 fully saturated rings. The van der Waals surface area contributed by atoms with Gasteiger partial charge in [0.1, 0.15) is 5.82 Å². The number of benzene rings is 1. The topological polar surface area (TPSA) is 51.5 Å². The van der Waals surface area contributed by atoms with Crippen LogP contribution in [-0.2, 0) is 11.3 Å². The van der Waals surface area contributed by atoms with E-state index < -0.39 is 5.97 Å². The third-order valence-electron chi connectivity index (χ3n) is 2.52. The van der Waals surface area contributed by atoms with E-state index in [9.17, 15) is 9.18 Å². The molecule has 0 aliphatic rings. The summed E-state index contributed by atoms with van der Waals surface area (Å²) < 4.78 is 23.9. The first-order chi connectivity index (χ1) is 9.11. The van der Waals surface area contributed by atoms with Crippen molar-refractivity contribution in [3.8, 4) is 0 Å². The molecule has 0 saturated heterocycles. The molecule has 0 amide bonds. The smallest absolute Gasteiger partial charge is 0.374 e. The summed E-state index contributed by atoms with van der Waals surface area (Å²) >= 11 is 3.18. The second-order valence-corrected chi connectivity index (χ2v) is 4.66. The maximum absolute atomic E-state index is 13.6. The molecule has 0 spiro atoms. The molecular weight excluding hydrogens is 317 g/mol. The predicted octanol–water partition coefficient (Wildman–Crippen LogP) is 3.58. The summed E-state index contributed by atoms with van der Waals surface area (Å²) in [5.74, 6) is -0.817. The van der Waals surface area contributed by atoms with Gasteiger partial charge >= 0.3 is 5.97 Å². The van der Waals surface area contributed by atoms with E-state index in [-0.39, 0.29) is 18.1 Å². The summed E-state index contributed by atoms with van der Waals surface area (Å²) in [6, 6.07) is 6.33. The first-order valence-corrected chi connectivity index (χ1v) is 6.24. The lowest BCUT2D eigenvalue weighted by atomic mass is 10.2. The third kappa shape index (κ3) is 3.14. The van der Waals surface area contributed by atoms with E-state index in [2.05, 4.69) is 26.0 Å². The number of rotatable bonds is 4. The van der Waals surface area contributed by atoms with Gasteiger partial charge in [-0.3, -0.25) is 0 Å². The van der Waals surface area contributed by atoms with Crippen LogP contribution >= 0.6 is 15.9 Å². The number of methoxy groups -OCH3 is 1. The van der Waals surface area contributed by atoms with Gasteiger partial charge in [0.25, 0.3) is 0 Å². The number of furan rings is 1. The third-order valence-corrected chi connectivity index (χ3v) is 3.01. The molecule has 0 radical (unpaired) electrons. The summed E-state index contributed by atoms with van der Waals surface area (Å²) in [4.78, 5) is 11.4. The zero-order chi connectivity index (χ0) is 13.8. The molecule has 6 heteroatoms. The highest BCUT2D eigenvalue weighted by molar-refractivity contribution is 9.10. The van der Waals surface area contributed by atoms with Crippen molar-refractivity contribution in [2.75, 3.05) is 12.4 Å². The van der Waals surface area contributed by atoms with Gasteiger partial charge in [0.15, 0.2) is 0 Å². The Balaban J connectivity index is 2.10. The van der Waals surface area contributed by atoms with Crippen LogP contribution in [0.1, 0.15) is 16.1 Å². The SMILES string of the molecule is COC(=O)c1occc1CNc1ccc(Br)cc1F. The zero-order valence-corrected chi connectivity index (χ0v) is 11.7. The number of anilines is 1. The van der Waals surface area contributed by atoms with Crippen LogP contribution in [0.2, 0.25) is 0 Å². The van der Waals surface area contributed by atoms with E-state index in [4.69, 9.17) is 4.42 Å². The molecular formula is C13H11BrFNO3. The number of hydrogen-bond acceptors (Lipinski definition) is 4. The molecule has 0 bridgehead atoms. The van der Waals surface area contributed by atoms with Crippen LogP contribution in [0.3, 0.4) is 0 Å². The van der Waals surface area contributed by atoms with E-state index in [1.807, 2.05) is 0 Å². The Labute approximate surface area is 117 Å². The van der Waals surface area contributed by atoms with Gasteiger partial charge < -0.3 is 14.5 Å². The maximum Gasteiger partial charge on any atom is 0.374 e. The van der Waals surface area contributed by atoms with E-state index in [1.165, 1.54) is 19.4 Å². The molecule has 1 heterocycles. The van der Waals surface area contributed by atoms with Crippen molar-refractivity contribution in [1.29, 1.82) is 0 Å². The first-order valence-electron chi connectivity index (χ1n) is 5.45. The summed E-state index contributed by atoms with van der Waals surface area (Å²) in [6.07, 6.45) is 1.39. The minimum atomic E-state index is -0.557. The molecule has 2 rings (SSSR count). The molecule has 100 valence electrons.